The fourth-order valence-electron chi connectivity index (χ4n) is 2.10. The number of likely N-dealkylation sites (N-methyl/N-ethyl adjacent to an activating group) is 1. The zero-order valence-corrected chi connectivity index (χ0v) is 14.9. The van der Waals surface area contributed by atoms with Crippen molar-refractivity contribution in [2.75, 3.05) is 11.4 Å². The van der Waals surface area contributed by atoms with Gasteiger partial charge in [0.1, 0.15) is 10.0 Å². The highest BCUT2D eigenvalue weighted by Crippen LogP contribution is 2.38. The van der Waals surface area contributed by atoms with Crippen LogP contribution in [0.4, 0.5) is 5.00 Å². The van der Waals surface area contributed by atoms with Crippen LogP contribution in [-0.2, 0) is 4.79 Å². The van der Waals surface area contributed by atoms with Crippen LogP contribution in [0.5, 0.6) is 0 Å². The summed E-state index contributed by atoms with van der Waals surface area (Å²) in [6.45, 7) is 9.91. The average Bonchev–Trinajstić information content (AvgIpc) is 2.91. The number of thiazole rings is 1. The molecule has 2 aromatic rings. The van der Waals surface area contributed by atoms with Crippen molar-refractivity contribution in [1.82, 2.24) is 9.97 Å². The molecule has 4 nitrogen and oxygen atoms in total. The quantitative estimate of drug-likeness (QED) is 0.580. The zero-order valence-electron chi connectivity index (χ0n) is 13.3. The van der Waals surface area contributed by atoms with E-state index in [1.807, 2.05) is 32.9 Å². The first-order valence-corrected chi connectivity index (χ1v) is 8.37. The average molecular weight is 348 g/mol. The third-order valence-corrected chi connectivity index (χ3v) is 4.76. The molecule has 0 unspecified atom stereocenters. The van der Waals surface area contributed by atoms with E-state index in [2.05, 4.69) is 16.5 Å². The minimum atomic E-state index is -0.120. The number of halogens is 1. The molecule has 0 spiro atoms. The molecule has 6 heteroatoms. The molecule has 120 valence electrons. The van der Waals surface area contributed by atoms with Gasteiger partial charge in [-0.1, -0.05) is 41.2 Å². The first-order chi connectivity index (χ1) is 11.0. The number of amides is 1. The van der Waals surface area contributed by atoms with Crippen LogP contribution < -0.4 is 4.90 Å². The summed E-state index contributed by atoms with van der Waals surface area (Å²) in [4.78, 5) is 22.8. The van der Waals surface area contributed by atoms with Gasteiger partial charge >= 0.3 is 0 Å². The highest BCUT2D eigenvalue weighted by atomic mass is 35.5. The normalized spacial score (nSPS) is 10.3. The van der Waals surface area contributed by atoms with Gasteiger partial charge in [0.05, 0.1) is 0 Å². The molecule has 0 bridgehead atoms. The number of pyridine rings is 1. The summed E-state index contributed by atoms with van der Waals surface area (Å²) in [7, 11) is 0. The lowest BCUT2D eigenvalue weighted by molar-refractivity contribution is -0.114. The van der Waals surface area contributed by atoms with Gasteiger partial charge in [0, 0.05) is 30.1 Å². The minimum absolute atomic E-state index is 0.120. The van der Waals surface area contributed by atoms with E-state index in [0.29, 0.717) is 22.3 Å². The number of hydrogen-bond acceptors (Lipinski definition) is 4. The van der Waals surface area contributed by atoms with E-state index in [9.17, 15) is 4.79 Å². The number of aromatic nitrogens is 2. The van der Waals surface area contributed by atoms with Crippen LogP contribution >= 0.6 is 22.9 Å². The molecule has 0 aromatic carbocycles. The molecular formula is C17H18ClN3OS. The van der Waals surface area contributed by atoms with E-state index in [-0.39, 0.29) is 5.91 Å². The Morgan fingerprint density at radius 3 is 2.74 bits per heavy atom. The van der Waals surface area contributed by atoms with Crippen molar-refractivity contribution in [3.05, 3.63) is 53.5 Å². The number of allylic oxidation sites excluding steroid dienone is 1. The highest BCUT2D eigenvalue weighted by molar-refractivity contribution is 7.19. The van der Waals surface area contributed by atoms with Gasteiger partial charge < -0.3 is 0 Å². The second kappa shape index (κ2) is 7.53. The number of carbonyl (C=O) groups is 1. The fraction of sp³-hybridized carbons (Fsp3) is 0.235. The van der Waals surface area contributed by atoms with E-state index in [1.54, 1.807) is 23.4 Å². The largest absolute Gasteiger partial charge is 0.297 e. The monoisotopic (exact) mass is 347 g/mol. The van der Waals surface area contributed by atoms with Crippen LogP contribution in [0.1, 0.15) is 20.8 Å². The second-order valence-electron chi connectivity index (χ2n) is 5.02. The summed E-state index contributed by atoms with van der Waals surface area (Å²) < 4.78 is 0. The van der Waals surface area contributed by atoms with Crippen molar-refractivity contribution in [1.29, 1.82) is 0 Å². The SMILES string of the molecule is C=CC(C(=O)N(CC)c1sc(-c2cccnc2)nc1Cl)=C(C)C. The van der Waals surface area contributed by atoms with Crippen molar-refractivity contribution in [3.63, 3.8) is 0 Å². The van der Waals surface area contributed by atoms with Crippen LogP contribution in [-0.4, -0.2) is 22.4 Å². The van der Waals surface area contributed by atoms with Gasteiger partial charge in [-0.15, -0.1) is 0 Å². The van der Waals surface area contributed by atoms with E-state index >= 15 is 0 Å². The maximum Gasteiger partial charge on any atom is 0.258 e. The topological polar surface area (TPSA) is 46.1 Å². The molecule has 2 rings (SSSR count). The lowest BCUT2D eigenvalue weighted by Gasteiger charge is -2.20. The molecule has 0 N–H and O–H groups in total. The Bertz CT molecular complexity index is 748. The zero-order chi connectivity index (χ0) is 17.0. The predicted molar refractivity (Wildman–Crippen MR) is 97.0 cm³/mol. The standard InChI is InChI=1S/C17H18ClN3OS/c1-5-13(11(3)4)16(22)21(6-2)17-14(18)20-15(23-17)12-8-7-9-19-10-12/h5,7-10H,1,6H2,2-4H3. The van der Waals surface area contributed by atoms with E-state index < -0.39 is 0 Å². The molecule has 2 aromatic heterocycles. The maximum atomic E-state index is 12.8. The predicted octanol–water partition coefficient (Wildman–Crippen LogP) is 4.73. The third kappa shape index (κ3) is 3.68. The number of carbonyl (C=O) groups excluding carboxylic acids is 1. The summed E-state index contributed by atoms with van der Waals surface area (Å²) in [5.74, 6) is -0.120. The van der Waals surface area contributed by atoms with Gasteiger partial charge in [-0.25, -0.2) is 4.98 Å². The number of anilines is 1. The lowest BCUT2D eigenvalue weighted by Crippen LogP contribution is -2.31. The van der Waals surface area contributed by atoms with Crippen LogP contribution in [0.2, 0.25) is 5.15 Å². The molecule has 0 radical (unpaired) electrons. The van der Waals surface area contributed by atoms with E-state index in [0.717, 1.165) is 16.1 Å². The summed E-state index contributed by atoms with van der Waals surface area (Å²) in [6, 6.07) is 3.75. The number of rotatable bonds is 5. The van der Waals surface area contributed by atoms with Crippen molar-refractivity contribution < 1.29 is 4.79 Å². The molecule has 0 aliphatic carbocycles. The van der Waals surface area contributed by atoms with Gasteiger partial charge in [0.15, 0.2) is 5.15 Å². The molecule has 0 atom stereocenters. The molecule has 0 saturated carbocycles. The van der Waals surface area contributed by atoms with E-state index in [1.165, 1.54) is 11.3 Å². The van der Waals surface area contributed by atoms with Gasteiger partial charge in [-0.2, -0.15) is 0 Å². The molecule has 0 aliphatic heterocycles. The maximum absolute atomic E-state index is 12.8. The Balaban J connectivity index is 2.44. The molecular weight excluding hydrogens is 330 g/mol. The molecule has 0 aliphatic rings. The van der Waals surface area contributed by atoms with Crippen molar-refractivity contribution in [2.45, 2.75) is 20.8 Å². The molecule has 2 heterocycles. The molecule has 0 fully saturated rings. The van der Waals surface area contributed by atoms with Crippen molar-refractivity contribution in [2.24, 2.45) is 0 Å². The molecule has 1 amide bonds. The smallest absolute Gasteiger partial charge is 0.258 e. The lowest BCUT2D eigenvalue weighted by atomic mass is 10.1. The molecule has 0 saturated heterocycles. The van der Waals surface area contributed by atoms with Crippen LogP contribution in [0.25, 0.3) is 10.6 Å². The Labute approximate surface area is 145 Å². The van der Waals surface area contributed by atoms with Crippen molar-refractivity contribution in [3.8, 4) is 10.6 Å². The third-order valence-electron chi connectivity index (χ3n) is 3.26. The minimum Gasteiger partial charge on any atom is -0.297 e. The Morgan fingerprint density at radius 2 is 2.22 bits per heavy atom. The fourth-order valence-corrected chi connectivity index (χ4v) is 3.47. The van der Waals surface area contributed by atoms with Gasteiger partial charge in [-0.3, -0.25) is 14.7 Å². The van der Waals surface area contributed by atoms with Crippen LogP contribution in [0.3, 0.4) is 0 Å². The first kappa shape index (κ1) is 17.4. The van der Waals surface area contributed by atoms with E-state index in [4.69, 9.17) is 11.6 Å². The number of hydrogen-bond donors (Lipinski definition) is 0. The highest BCUT2D eigenvalue weighted by Gasteiger charge is 2.23. The summed E-state index contributed by atoms with van der Waals surface area (Å²) in [5, 5.41) is 1.70. The first-order valence-electron chi connectivity index (χ1n) is 7.18. The summed E-state index contributed by atoms with van der Waals surface area (Å²) >= 11 is 7.66. The van der Waals surface area contributed by atoms with Gasteiger partial charge in [-0.05, 0) is 32.9 Å². The Hall–Kier alpha value is -1.98. The van der Waals surface area contributed by atoms with Gasteiger partial charge in [0.25, 0.3) is 5.91 Å². The Kier molecular flexibility index (Phi) is 5.69. The number of nitrogens with zero attached hydrogens (tertiary/aromatic N) is 3. The van der Waals surface area contributed by atoms with Crippen LogP contribution in [0, 0.1) is 0 Å². The van der Waals surface area contributed by atoms with Gasteiger partial charge in [0.2, 0.25) is 0 Å². The Morgan fingerprint density at radius 1 is 1.48 bits per heavy atom. The summed E-state index contributed by atoms with van der Waals surface area (Å²) in [5.41, 5.74) is 2.37. The molecule has 23 heavy (non-hydrogen) atoms. The van der Waals surface area contributed by atoms with Crippen molar-refractivity contribution >= 4 is 33.8 Å². The summed E-state index contributed by atoms with van der Waals surface area (Å²) in [6.07, 6.45) is 5.01. The second-order valence-corrected chi connectivity index (χ2v) is 6.36. The van der Waals surface area contributed by atoms with Crippen LogP contribution in [0.15, 0.2) is 48.3 Å².